The maximum absolute atomic E-state index is 10.3. The third-order valence-electron chi connectivity index (χ3n) is 4.35. The highest BCUT2D eigenvalue weighted by molar-refractivity contribution is 5.88. The molecule has 1 atom stereocenters. The van der Waals surface area contributed by atoms with Gasteiger partial charge in [-0.05, 0) is 37.4 Å². The van der Waals surface area contributed by atoms with Crippen LogP contribution in [0.25, 0.3) is 10.8 Å². The number of aliphatic hydroxyl groups excluding tert-OH is 1. The van der Waals surface area contributed by atoms with Gasteiger partial charge in [-0.3, -0.25) is 0 Å². The Kier molecular flexibility index (Phi) is 5.30. The second-order valence-electron chi connectivity index (χ2n) is 6.16. The van der Waals surface area contributed by atoms with Gasteiger partial charge in [0.2, 0.25) is 0 Å². The van der Waals surface area contributed by atoms with E-state index in [1.807, 2.05) is 24.3 Å². The second kappa shape index (κ2) is 7.61. The number of hydrogen-bond acceptors (Lipinski definition) is 3. The van der Waals surface area contributed by atoms with Crippen molar-refractivity contribution in [1.29, 1.82) is 0 Å². The van der Waals surface area contributed by atoms with Gasteiger partial charge in [0.25, 0.3) is 0 Å². The Morgan fingerprint density at radius 1 is 0.955 bits per heavy atom. The summed E-state index contributed by atoms with van der Waals surface area (Å²) in [5, 5.41) is 12.5. The van der Waals surface area contributed by atoms with Crippen molar-refractivity contribution in [2.75, 3.05) is 26.2 Å². The highest BCUT2D eigenvalue weighted by Gasteiger charge is 2.14. The van der Waals surface area contributed by atoms with Gasteiger partial charge < -0.3 is 14.7 Å². The Morgan fingerprint density at radius 3 is 2.50 bits per heavy atom. The molecule has 0 aromatic heterocycles. The molecule has 1 heterocycles. The normalized spacial score (nSPS) is 18.0. The quantitative estimate of drug-likeness (QED) is 0.918. The molecule has 1 saturated heterocycles. The molecule has 0 saturated carbocycles. The Hall–Kier alpha value is -1.58. The van der Waals surface area contributed by atoms with E-state index in [1.54, 1.807) is 0 Å². The van der Waals surface area contributed by atoms with Crippen molar-refractivity contribution >= 4 is 10.8 Å². The number of likely N-dealkylation sites (tertiary alicyclic amines) is 1. The molecule has 0 aliphatic carbocycles. The predicted molar refractivity (Wildman–Crippen MR) is 90.4 cm³/mol. The molecule has 0 unspecified atom stereocenters. The summed E-state index contributed by atoms with van der Waals surface area (Å²) in [5.74, 6) is 0.855. The van der Waals surface area contributed by atoms with E-state index in [4.69, 9.17) is 4.74 Å². The van der Waals surface area contributed by atoms with Gasteiger partial charge in [-0.2, -0.15) is 0 Å². The van der Waals surface area contributed by atoms with E-state index < -0.39 is 6.10 Å². The number of β-amino-alcohol motifs (C(OH)–C–C–N with tert-alkyl or cyclic N) is 1. The summed E-state index contributed by atoms with van der Waals surface area (Å²) < 4.78 is 5.88. The third kappa shape index (κ3) is 3.99. The summed E-state index contributed by atoms with van der Waals surface area (Å²) in [5.41, 5.74) is 0. The van der Waals surface area contributed by atoms with E-state index in [0.29, 0.717) is 13.2 Å². The van der Waals surface area contributed by atoms with Crippen molar-refractivity contribution in [3.63, 3.8) is 0 Å². The zero-order chi connectivity index (χ0) is 15.2. The third-order valence-corrected chi connectivity index (χ3v) is 4.35. The van der Waals surface area contributed by atoms with Gasteiger partial charge in [0.1, 0.15) is 18.5 Å². The smallest absolute Gasteiger partial charge is 0.127 e. The summed E-state index contributed by atoms with van der Waals surface area (Å²) in [6.45, 7) is 3.27. The van der Waals surface area contributed by atoms with E-state index in [2.05, 4.69) is 23.1 Å². The van der Waals surface area contributed by atoms with Crippen LogP contribution in [0.3, 0.4) is 0 Å². The maximum Gasteiger partial charge on any atom is 0.127 e. The van der Waals surface area contributed by atoms with Gasteiger partial charge in [0.05, 0.1) is 0 Å². The first-order chi connectivity index (χ1) is 10.8. The molecule has 3 rings (SSSR count). The van der Waals surface area contributed by atoms with Crippen LogP contribution in [0.2, 0.25) is 0 Å². The number of rotatable bonds is 5. The van der Waals surface area contributed by atoms with Crippen LogP contribution in [0.15, 0.2) is 42.5 Å². The van der Waals surface area contributed by atoms with Crippen LogP contribution in [0.5, 0.6) is 5.75 Å². The SMILES string of the molecule is O[C@@H](COc1cccc2ccccc12)CN1CCCCCC1. The van der Waals surface area contributed by atoms with Crippen LogP contribution in [0.4, 0.5) is 0 Å². The summed E-state index contributed by atoms with van der Waals surface area (Å²) in [7, 11) is 0. The number of ether oxygens (including phenoxy) is 1. The van der Waals surface area contributed by atoms with Crippen molar-refractivity contribution in [3.05, 3.63) is 42.5 Å². The fourth-order valence-corrected chi connectivity index (χ4v) is 3.18. The number of hydrogen-bond donors (Lipinski definition) is 1. The fraction of sp³-hybridized carbons (Fsp3) is 0.474. The zero-order valence-electron chi connectivity index (χ0n) is 13.1. The highest BCUT2D eigenvalue weighted by atomic mass is 16.5. The molecule has 0 bridgehead atoms. The van der Waals surface area contributed by atoms with Gasteiger partial charge in [-0.15, -0.1) is 0 Å². The molecule has 1 N–H and O–H groups in total. The van der Waals surface area contributed by atoms with Gasteiger partial charge in [-0.1, -0.05) is 49.2 Å². The van der Waals surface area contributed by atoms with Gasteiger partial charge in [-0.25, -0.2) is 0 Å². The van der Waals surface area contributed by atoms with Crippen molar-refractivity contribution in [2.45, 2.75) is 31.8 Å². The average Bonchev–Trinajstić information content (AvgIpc) is 2.81. The Bertz CT molecular complexity index is 586. The lowest BCUT2D eigenvalue weighted by atomic mass is 10.1. The lowest BCUT2D eigenvalue weighted by molar-refractivity contribution is 0.0699. The van der Waals surface area contributed by atoms with Crippen LogP contribution in [-0.4, -0.2) is 42.4 Å². The van der Waals surface area contributed by atoms with E-state index in [-0.39, 0.29) is 0 Å². The minimum absolute atomic E-state index is 0.352. The minimum Gasteiger partial charge on any atom is -0.490 e. The molecule has 0 spiro atoms. The maximum atomic E-state index is 10.3. The van der Waals surface area contributed by atoms with Crippen LogP contribution in [-0.2, 0) is 0 Å². The largest absolute Gasteiger partial charge is 0.490 e. The van der Waals surface area contributed by atoms with Crippen LogP contribution in [0.1, 0.15) is 25.7 Å². The first-order valence-electron chi connectivity index (χ1n) is 8.34. The van der Waals surface area contributed by atoms with Crippen molar-refractivity contribution in [2.24, 2.45) is 0 Å². The molecule has 1 aliphatic rings. The monoisotopic (exact) mass is 299 g/mol. The molecule has 0 radical (unpaired) electrons. The standard InChI is InChI=1S/C19H25NO2/c21-17(14-20-12-5-1-2-6-13-20)15-22-19-11-7-9-16-8-3-4-10-18(16)19/h3-4,7-11,17,21H,1-2,5-6,12-15H2/t17-/m1/s1. The Balaban J connectivity index is 1.56. The first-order valence-corrected chi connectivity index (χ1v) is 8.34. The van der Waals surface area contributed by atoms with Gasteiger partial charge >= 0.3 is 0 Å². The molecule has 0 amide bonds. The molecule has 1 aliphatic heterocycles. The van der Waals surface area contributed by atoms with E-state index >= 15 is 0 Å². The predicted octanol–water partition coefficient (Wildman–Crippen LogP) is 3.46. The number of nitrogens with zero attached hydrogens (tertiary/aromatic N) is 1. The lowest BCUT2D eigenvalue weighted by Gasteiger charge is -2.23. The molecule has 118 valence electrons. The summed E-state index contributed by atoms with van der Waals surface area (Å²) in [6, 6.07) is 14.2. The first kappa shape index (κ1) is 15.3. The minimum atomic E-state index is -0.433. The topological polar surface area (TPSA) is 32.7 Å². The number of aliphatic hydroxyl groups is 1. The summed E-state index contributed by atoms with van der Waals surface area (Å²) in [4.78, 5) is 2.37. The highest BCUT2D eigenvalue weighted by Crippen LogP contribution is 2.25. The van der Waals surface area contributed by atoms with Crippen molar-refractivity contribution < 1.29 is 9.84 Å². The molecule has 2 aromatic carbocycles. The van der Waals surface area contributed by atoms with E-state index in [0.717, 1.165) is 24.2 Å². The van der Waals surface area contributed by atoms with Crippen LogP contribution < -0.4 is 4.74 Å². The van der Waals surface area contributed by atoms with Crippen LogP contribution in [0, 0.1) is 0 Å². The molecule has 3 nitrogen and oxygen atoms in total. The second-order valence-corrected chi connectivity index (χ2v) is 6.16. The summed E-state index contributed by atoms with van der Waals surface area (Å²) >= 11 is 0. The molecule has 22 heavy (non-hydrogen) atoms. The van der Waals surface area contributed by atoms with E-state index in [9.17, 15) is 5.11 Å². The van der Waals surface area contributed by atoms with Gasteiger partial charge in [0.15, 0.2) is 0 Å². The number of benzene rings is 2. The average molecular weight is 299 g/mol. The molecule has 2 aromatic rings. The zero-order valence-corrected chi connectivity index (χ0v) is 13.1. The molecular formula is C19H25NO2. The lowest BCUT2D eigenvalue weighted by Crippen LogP contribution is -2.36. The van der Waals surface area contributed by atoms with E-state index in [1.165, 1.54) is 31.1 Å². The number of fused-ring (bicyclic) bond motifs is 1. The van der Waals surface area contributed by atoms with Crippen molar-refractivity contribution in [3.8, 4) is 5.75 Å². The fourth-order valence-electron chi connectivity index (χ4n) is 3.18. The molecule has 1 fully saturated rings. The Morgan fingerprint density at radius 2 is 1.68 bits per heavy atom. The van der Waals surface area contributed by atoms with Crippen molar-refractivity contribution in [1.82, 2.24) is 4.90 Å². The molecular weight excluding hydrogens is 274 g/mol. The van der Waals surface area contributed by atoms with Crippen LogP contribution >= 0.6 is 0 Å². The summed E-state index contributed by atoms with van der Waals surface area (Å²) in [6.07, 6.45) is 4.70. The molecule has 3 heteroatoms. The Labute approximate surface area is 132 Å². The van der Waals surface area contributed by atoms with Gasteiger partial charge in [0, 0.05) is 11.9 Å².